The number of benzene rings is 5. The number of methoxy groups -OCH3 is 1. The van der Waals surface area contributed by atoms with Crippen LogP contribution in [0.25, 0.3) is 67.6 Å². The summed E-state index contributed by atoms with van der Waals surface area (Å²) in [6.45, 7) is 4.62. The van der Waals surface area contributed by atoms with E-state index in [4.69, 9.17) is 4.74 Å². The fraction of sp³-hybridized carbons (Fsp3) is 0.147. The fourth-order valence-corrected chi connectivity index (χ4v) is 15.0. The Labute approximate surface area is 699 Å². The Hall–Kier alpha value is -15.9. The molecule has 610 valence electrons. The molecule has 3 amide bonds. The van der Waals surface area contributed by atoms with Gasteiger partial charge in [0.1, 0.15) is 5.75 Å². The lowest BCUT2D eigenvalue weighted by atomic mass is 9.89. The molecule has 122 heavy (non-hydrogen) atoms. The number of anilines is 8. The van der Waals surface area contributed by atoms with E-state index in [1.807, 2.05) is 232 Å². The van der Waals surface area contributed by atoms with Crippen molar-refractivity contribution in [3.8, 4) is 50.8 Å². The Morgan fingerprint density at radius 2 is 0.779 bits per heavy atom. The third-order valence-corrected chi connectivity index (χ3v) is 21.2. The van der Waals surface area contributed by atoms with Gasteiger partial charge in [0, 0.05) is 179 Å². The summed E-state index contributed by atoms with van der Waals surface area (Å²) in [6.07, 6.45) is 29.1. The van der Waals surface area contributed by atoms with E-state index in [-0.39, 0.29) is 51.5 Å². The van der Waals surface area contributed by atoms with E-state index in [9.17, 15) is 33.6 Å². The molecule has 5 aromatic carbocycles. The number of aromatic amines is 4. The van der Waals surface area contributed by atoms with Gasteiger partial charge in [-0.15, -0.1) is 0 Å². The maximum absolute atomic E-state index is 12.9. The van der Waals surface area contributed by atoms with Gasteiger partial charge in [-0.3, -0.25) is 51.2 Å². The van der Waals surface area contributed by atoms with Crippen molar-refractivity contribution in [1.29, 1.82) is 0 Å². The summed E-state index contributed by atoms with van der Waals surface area (Å²) in [5, 5.41) is 22.7. The zero-order chi connectivity index (χ0) is 84.1. The molecule has 2 saturated carbocycles. The van der Waals surface area contributed by atoms with E-state index in [1.165, 1.54) is 32.1 Å². The second kappa shape index (κ2) is 36.3. The Morgan fingerprint density at radius 1 is 0.410 bits per heavy atom. The van der Waals surface area contributed by atoms with E-state index in [0.29, 0.717) is 22.6 Å². The van der Waals surface area contributed by atoms with Crippen LogP contribution in [-0.2, 0) is 5.54 Å². The molecule has 2 fully saturated rings. The first-order valence-electron chi connectivity index (χ1n) is 40.1. The highest BCUT2D eigenvalue weighted by atomic mass is 16.5. The summed E-state index contributed by atoms with van der Waals surface area (Å²) in [6, 6.07) is 69.4. The maximum atomic E-state index is 12.9. The number of pyridine rings is 8. The highest BCUT2D eigenvalue weighted by molar-refractivity contribution is 5.97. The second-order valence-corrected chi connectivity index (χ2v) is 30.0. The number of hydrogen-bond donors (Lipinski definition) is 11. The minimum Gasteiger partial charge on any atom is -0.497 e. The average Bonchev–Trinajstić information content (AvgIpc) is 1.61. The van der Waals surface area contributed by atoms with Gasteiger partial charge in [-0.1, -0.05) is 55.7 Å². The number of carbonyl (C=O) groups excluding carboxylic acids is 3. The third-order valence-electron chi connectivity index (χ3n) is 21.2. The summed E-state index contributed by atoms with van der Waals surface area (Å²) >= 11 is 0. The molecular formula is C95H87N19O8. The van der Waals surface area contributed by atoms with Crippen LogP contribution in [0.1, 0.15) is 95.4 Å². The first-order chi connectivity index (χ1) is 59.5. The summed E-state index contributed by atoms with van der Waals surface area (Å²) in [4.78, 5) is 113. The van der Waals surface area contributed by atoms with Crippen LogP contribution < -0.4 is 64.2 Å². The topological polar surface area (TPSA) is 345 Å². The molecule has 0 bridgehead atoms. The Balaban J connectivity index is 0.000000122. The molecule has 2 aliphatic rings. The van der Waals surface area contributed by atoms with Gasteiger partial charge in [-0.05, 0) is 209 Å². The van der Waals surface area contributed by atoms with E-state index in [1.54, 1.807) is 93.1 Å². The number of carbonyl (C=O) groups is 3. The maximum Gasteiger partial charge on any atom is 0.251 e. The van der Waals surface area contributed by atoms with Crippen molar-refractivity contribution in [1.82, 2.24) is 73.4 Å². The molecule has 19 rings (SSSR count). The largest absolute Gasteiger partial charge is 0.497 e. The SMILES string of the molecule is CC(C)NC(=O)c1ccc(Nc2ccc(-c3cc[nH]c(=O)c3)n3ccnc23)cc1.COc1cccc(Nc2ccc(-c3cc[nH]c(=O)c3)n3ccnc23)c1.O=C(NC1(c2ccccc2)CC1)c1ccc(Nc2ccc(-c3cc[nH]c(=O)c3)n3ccnc23)cc1.O=C(NCC1CCCCC1)c1ccc(Nc2ccc(-c3cc[nH]c(=O)c3)n3ccnc23)cc1. The molecule has 2 aliphatic carbocycles. The van der Waals surface area contributed by atoms with Crippen LogP contribution in [0.4, 0.5) is 45.5 Å². The first-order valence-corrected chi connectivity index (χ1v) is 40.1. The standard InChI is InChI=1S/C28H23N5O2.C26H27N5O2.C22H21N5O2.C19H16N4O2/c34-25-18-20(12-15-29-25)24-11-10-23(26-30-16-17-33(24)26)31-22-8-6-19(7-9-22)27(35)32-28(13-14-28)21-4-2-1-3-5-21;32-24-16-20(12-13-27-24)23-11-10-22(25-28-14-15-31(23)25)30-21-8-6-19(7-9-21)26(33)29-17-18-4-2-1-3-5-18;1-14(2)25-22(29)15-3-5-17(6-4-15)26-18-7-8-19(27-12-11-24-21(18)27)16-9-10-23-20(28)13-16;1-25-15-4-2-3-14(12-15)22-16-5-6-17(23-10-9-21-19(16)23)13-7-8-20-18(24)11-13/h1-12,15-18,31H,13-14H2,(H,29,34)(H,32,35);6-16,18,30H,1-5,17H2,(H,27,32)(H,29,33);3-14,26H,1-2H3,(H,23,28)(H,25,29);2-12,22H,1H3,(H,20,24). The van der Waals surface area contributed by atoms with Gasteiger partial charge < -0.3 is 61.9 Å². The van der Waals surface area contributed by atoms with Gasteiger partial charge in [0.2, 0.25) is 22.2 Å². The fourth-order valence-electron chi connectivity index (χ4n) is 15.0. The van der Waals surface area contributed by atoms with E-state index < -0.39 is 0 Å². The van der Waals surface area contributed by atoms with Gasteiger partial charge in [0.25, 0.3) is 17.7 Å². The Morgan fingerprint density at radius 3 is 1.14 bits per heavy atom. The normalized spacial score (nSPS) is 12.7. The molecule has 11 N–H and O–H groups in total. The lowest BCUT2D eigenvalue weighted by Gasteiger charge is -2.21. The second-order valence-electron chi connectivity index (χ2n) is 30.0. The molecule has 17 aromatic rings. The van der Waals surface area contributed by atoms with Gasteiger partial charge in [0.05, 0.1) is 58.2 Å². The van der Waals surface area contributed by atoms with Crippen molar-refractivity contribution >= 4 is 85.8 Å². The number of amides is 3. The minimum absolute atomic E-state index is 0.0232. The molecule has 0 spiro atoms. The Kier molecular flexibility index (Phi) is 23.8. The zero-order valence-corrected chi connectivity index (χ0v) is 66.9. The molecule has 12 heterocycles. The summed E-state index contributed by atoms with van der Waals surface area (Å²) < 4.78 is 13.0. The summed E-state index contributed by atoms with van der Waals surface area (Å²) in [5.41, 5.74) is 18.8. The molecule has 0 aliphatic heterocycles. The van der Waals surface area contributed by atoms with Crippen molar-refractivity contribution in [2.45, 2.75) is 70.4 Å². The van der Waals surface area contributed by atoms with E-state index >= 15 is 0 Å². The third kappa shape index (κ3) is 18.7. The molecule has 0 saturated heterocycles. The number of rotatable bonds is 21. The zero-order valence-electron chi connectivity index (χ0n) is 66.9. The minimum atomic E-state index is -0.243. The number of aromatic nitrogens is 12. The molecular weight excluding hydrogens is 1540 g/mol. The number of nitrogens with zero attached hydrogens (tertiary/aromatic N) is 8. The molecule has 12 aromatic heterocycles. The van der Waals surface area contributed by atoms with Gasteiger partial charge in [-0.25, -0.2) is 19.9 Å². The highest BCUT2D eigenvalue weighted by Gasteiger charge is 2.45. The van der Waals surface area contributed by atoms with Crippen molar-refractivity contribution in [3.05, 3.63) is 362 Å². The number of ether oxygens (including phenoxy) is 1. The van der Waals surface area contributed by atoms with Crippen LogP contribution in [0.2, 0.25) is 0 Å². The van der Waals surface area contributed by atoms with Crippen molar-refractivity contribution < 1.29 is 19.1 Å². The molecule has 27 heteroatoms. The first kappa shape index (κ1) is 79.9. The molecule has 27 nitrogen and oxygen atoms in total. The van der Waals surface area contributed by atoms with Crippen LogP contribution in [0.3, 0.4) is 0 Å². The van der Waals surface area contributed by atoms with Gasteiger partial charge in [-0.2, -0.15) is 0 Å². The van der Waals surface area contributed by atoms with Crippen LogP contribution in [-0.4, -0.2) is 94.9 Å². The van der Waals surface area contributed by atoms with Crippen molar-refractivity contribution in [3.63, 3.8) is 0 Å². The predicted octanol–water partition coefficient (Wildman–Crippen LogP) is 16.6. The van der Waals surface area contributed by atoms with Gasteiger partial charge in [0.15, 0.2) is 22.6 Å². The summed E-state index contributed by atoms with van der Waals surface area (Å²) in [7, 11) is 1.64. The van der Waals surface area contributed by atoms with Crippen molar-refractivity contribution in [2.24, 2.45) is 5.92 Å². The highest BCUT2D eigenvalue weighted by Crippen LogP contribution is 2.46. The van der Waals surface area contributed by atoms with Crippen LogP contribution >= 0.6 is 0 Å². The predicted molar refractivity (Wildman–Crippen MR) is 477 cm³/mol. The number of nitrogens with one attached hydrogen (secondary N) is 11. The van der Waals surface area contributed by atoms with E-state index in [2.05, 4.69) is 89.2 Å². The lowest BCUT2D eigenvalue weighted by Crippen LogP contribution is -2.34. The molecule has 0 atom stereocenters. The summed E-state index contributed by atoms with van der Waals surface area (Å²) in [5.74, 6) is 1.20. The lowest BCUT2D eigenvalue weighted by molar-refractivity contribution is 0.0925. The number of fused-ring (bicyclic) bond motifs is 4. The Bertz CT molecular complexity index is 6850. The van der Waals surface area contributed by atoms with Gasteiger partial charge >= 0.3 is 0 Å². The number of H-pyrrole nitrogens is 4. The van der Waals surface area contributed by atoms with Crippen LogP contribution in [0, 0.1) is 5.92 Å². The quantitative estimate of drug-likeness (QED) is 0.0318. The number of imidazole rings is 4. The average molecular weight is 1620 g/mol. The number of hydrogen-bond acceptors (Lipinski definition) is 16. The van der Waals surface area contributed by atoms with Crippen LogP contribution in [0.15, 0.2) is 318 Å². The van der Waals surface area contributed by atoms with Crippen molar-refractivity contribution in [2.75, 3.05) is 34.9 Å². The monoisotopic (exact) mass is 1620 g/mol. The molecule has 0 radical (unpaired) electrons. The molecule has 0 unspecified atom stereocenters. The van der Waals surface area contributed by atoms with E-state index in [0.717, 1.165) is 144 Å². The van der Waals surface area contributed by atoms with Crippen LogP contribution in [0.5, 0.6) is 5.75 Å². The smallest absolute Gasteiger partial charge is 0.251 e.